The van der Waals surface area contributed by atoms with Gasteiger partial charge in [-0.1, -0.05) is 12.7 Å². The first kappa shape index (κ1) is 18.9. The maximum Gasteiger partial charge on any atom is 0.333 e. The number of thiophene rings is 1. The average Bonchev–Trinajstić information content (AvgIpc) is 3.20. The number of amides is 2. The second-order valence-electron chi connectivity index (χ2n) is 6.71. The molecular weight excluding hydrogens is 368 g/mol. The number of nitrogens with one attached hydrogen (secondary N) is 2. The summed E-state index contributed by atoms with van der Waals surface area (Å²) in [6, 6.07) is 2.50. The molecular formula is C19H24N2O3S2. The van der Waals surface area contributed by atoms with Gasteiger partial charge < -0.3 is 5.32 Å². The Morgan fingerprint density at radius 2 is 1.96 bits per heavy atom. The molecule has 26 heavy (non-hydrogen) atoms. The molecule has 1 aromatic heterocycles. The third-order valence-electron chi connectivity index (χ3n) is 4.69. The van der Waals surface area contributed by atoms with Crippen LogP contribution < -0.4 is 10.0 Å². The van der Waals surface area contributed by atoms with Gasteiger partial charge in [0.15, 0.2) is 0 Å². The number of rotatable bonds is 3. The normalized spacial score (nSPS) is 23.3. The molecule has 2 amide bonds. The number of aryl methyl sites for hydroxylation is 1. The molecule has 1 fully saturated rings. The van der Waals surface area contributed by atoms with Gasteiger partial charge in [0.1, 0.15) is 4.21 Å². The smallest absolute Gasteiger partial charge is 0.307 e. The largest absolute Gasteiger partial charge is 0.333 e. The lowest BCUT2D eigenvalue weighted by Gasteiger charge is -2.16. The van der Waals surface area contributed by atoms with E-state index in [1.807, 2.05) is 6.92 Å². The summed E-state index contributed by atoms with van der Waals surface area (Å²) >= 11 is 1.14. The van der Waals surface area contributed by atoms with Crippen molar-refractivity contribution in [3.8, 4) is 0 Å². The zero-order chi connectivity index (χ0) is 18.7. The van der Waals surface area contributed by atoms with Gasteiger partial charge in [-0.25, -0.2) is 17.9 Å². The van der Waals surface area contributed by atoms with Crippen molar-refractivity contribution in [1.82, 2.24) is 10.0 Å². The zero-order valence-electron chi connectivity index (χ0n) is 14.9. The van der Waals surface area contributed by atoms with Gasteiger partial charge in [-0.2, -0.15) is 0 Å². The highest BCUT2D eigenvalue weighted by atomic mass is 32.2. The molecule has 3 rings (SSSR count). The minimum atomic E-state index is -3.86. The molecule has 0 saturated heterocycles. The van der Waals surface area contributed by atoms with Crippen LogP contribution in [0.1, 0.15) is 49.8 Å². The summed E-state index contributed by atoms with van der Waals surface area (Å²) in [6.45, 7) is 5.96. The quantitative estimate of drug-likeness (QED) is 0.793. The van der Waals surface area contributed by atoms with E-state index >= 15 is 0 Å². The van der Waals surface area contributed by atoms with Crippen LogP contribution in [-0.4, -0.2) is 14.4 Å². The van der Waals surface area contributed by atoms with E-state index in [2.05, 4.69) is 22.7 Å². The van der Waals surface area contributed by atoms with Crippen molar-refractivity contribution in [2.45, 2.75) is 56.1 Å². The van der Waals surface area contributed by atoms with Gasteiger partial charge >= 0.3 is 6.03 Å². The third kappa shape index (κ3) is 4.27. The van der Waals surface area contributed by atoms with E-state index < -0.39 is 16.1 Å². The number of allylic oxidation sites excluding steroid dienone is 4. The Balaban J connectivity index is 1.82. The Labute approximate surface area is 158 Å². The summed E-state index contributed by atoms with van der Waals surface area (Å²) in [4.78, 5) is 13.3. The Kier molecular flexibility index (Phi) is 5.67. The molecule has 7 heteroatoms. The van der Waals surface area contributed by atoms with Crippen molar-refractivity contribution in [3.05, 3.63) is 52.1 Å². The van der Waals surface area contributed by atoms with Crippen molar-refractivity contribution in [2.75, 3.05) is 0 Å². The summed E-state index contributed by atoms with van der Waals surface area (Å²) in [5, 5.41) is 2.78. The maximum atomic E-state index is 12.4. The maximum absolute atomic E-state index is 12.4. The van der Waals surface area contributed by atoms with Gasteiger partial charge in [-0.05, 0) is 80.7 Å². The van der Waals surface area contributed by atoms with Gasteiger partial charge in [0.2, 0.25) is 0 Å². The molecule has 2 aliphatic rings. The van der Waals surface area contributed by atoms with Crippen LogP contribution in [0.3, 0.4) is 0 Å². The molecule has 2 N–H and O–H groups in total. The molecule has 5 nitrogen and oxygen atoms in total. The predicted octanol–water partition coefficient (Wildman–Crippen LogP) is 4.54. The monoisotopic (exact) mass is 392 g/mol. The highest BCUT2D eigenvalue weighted by Crippen LogP contribution is 2.36. The van der Waals surface area contributed by atoms with E-state index in [1.54, 1.807) is 6.07 Å². The first-order valence-electron chi connectivity index (χ1n) is 8.88. The summed E-state index contributed by atoms with van der Waals surface area (Å²) in [6.07, 6.45) is 9.14. The number of fused-ring (bicyclic) bond motifs is 1. The molecule has 2 aliphatic carbocycles. The molecule has 0 atom stereocenters. The van der Waals surface area contributed by atoms with E-state index in [0.717, 1.165) is 72.3 Å². The number of carbonyl (C=O) groups excluding carboxylic acids is 1. The predicted molar refractivity (Wildman–Crippen MR) is 104 cm³/mol. The topological polar surface area (TPSA) is 75.3 Å². The summed E-state index contributed by atoms with van der Waals surface area (Å²) < 4.78 is 27.0. The fraction of sp³-hybridized carbons (Fsp3) is 0.421. The Hall–Kier alpha value is -1.86. The van der Waals surface area contributed by atoms with Crippen molar-refractivity contribution in [1.29, 1.82) is 0 Å². The Bertz CT molecular complexity index is 892. The molecule has 0 aromatic carbocycles. The van der Waals surface area contributed by atoms with E-state index in [0.29, 0.717) is 5.70 Å². The lowest BCUT2D eigenvalue weighted by Crippen LogP contribution is -2.39. The van der Waals surface area contributed by atoms with Crippen LogP contribution in [0.2, 0.25) is 0 Å². The van der Waals surface area contributed by atoms with Gasteiger partial charge in [0.05, 0.1) is 0 Å². The molecule has 140 valence electrons. The number of hydrogen-bond acceptors (Lipinski definition) is 4. The minimum Gasteiger partial charge on any atom is -0.307 e. The Morgan fingerprint density at radius 1 is 1.15 bits per heavy atom. The number of hydrogen-bond donors (Lipinski definition) is 2. The molecule has 0 radical (unpaired) electrons. The standard InChI is InChI=1S/C19H24N2O3S2/c1-13-7-4-3-5-8-15-9-6-10-16(15)18(13)20-19(22)21-26(23,24)17-12-11-14(2)25-17/h8,11-12H,1,3-7,9-10H2,2H3,(H2,20,21,22)/b15-8-,18-16+. The van der Waals surface area contributed by atoms with Gasteiger partial charge in [0, 0.05) is 10.6 Å². The van der Waals surface area contributed by atoms with Crippen LogP contribution in [0.25, 0.3) is 0 Å². The Morgan fingerprint density at radius 3 is 2.69 bits per heavy atom. The highest BCUT2D eigenvalue weighted by molar-refractivity contribution is 7.92. The fourth-order valence-corrected chi connectivity index (χ4v) is 5.60. The molecule has 1 saturated carbocycles. The van der Waals surface area contributed by atoms with E-state index in [1.165, 1.54) is 11.6 Å². The molecule has 0 bridgehead atoms. The van der Waals surface area contributed by atoms with Gasteiger partial charge in [-0.3, -0.25) is 0 Å². The van der Waals surface area contributed by atoms with E-state index in [9.17, 15) is 13.2 Å². The summed E-state index contributed by atoms with van der Waals surface area (Å²) in [7, 11) is -3.86. The second kappa shape index (κ2) is 7.80. The van der Waals surface area contributed by atoms with E-state index in [-0.39, 0.29) is 4.21 Å². The SMILES string of the molecule is C=C1CCCC/C=C2/CCC/C2=C/1NC(=O)NS(=O)(=O)c1ccc(C)s1. The van der Waals surface area contributed by atoms with Gasteiger partial charge in [-0.15, -0.1) is 11.3 Å². The number of sulfonamides is 1. The lowest BCUT2D eigenvalue weighted by molar-refractivity contribution is 0.248. The average molecular weight is 393 g/mol. The van der Waals surface area contributed by atoms with E-state index in [4.69, 9.17) is 0 Å². The van der Waals surface area contributed by atoms with Crippen LogP contribution in [-0.2, 0) is 10.0 Å². The minimum absolute atomic E-state index is 0.137. The van der Waals surface area contributed by atoms with Crippen molar-refractivity contribution in [2.24, 2.45) is 0 Å². The summed E-state index contributed by atoms with van der Waals surface area (Å²) in [5.41, 5.74) is 3.94. The van der Waals surface area contributed by atoms with Crippen LogP contribution in [0.15, 0.2) is 51.4 Å². The zero-order valence-corrected chi connectivity index (χ0v) is 16.6. The van der Waals surface area contributed by atoms with Crippen LogP contribution in [0.4, 0.5) is 4.79 Å². The van der Waals surface area contributed by atoms with Crippen molar-refractivity contribution in [3.63, 3.8) is 0 Å². The lowest BCUT2D eigenvalue weighted by atomic mass is 10.0. The van der Waals surface area contributed by atoms with Crippen molar-refractivity contribution >= 4 is 27.4 Å². The fourth-order valence-electron chi connectivity index (χ4n) is 3.41. The molecule has 0 spiro atoms. The molecule has 0 aliphatic heterocycles. The first-order valence-corrected chi connectivity index (χ1v) is 11.2. The summed E-state index contributed by atoms with van der Waals surface area (Å²) in [5.74, 6) is 0. The molecule has 0 unspecified atom stereocenters. The number of urea groups is 1. The van der Waals surface area contributed by atoms with Gasteiger partial charge in [0.25, 0.3) is 10.0 Å². The highest BCUT2D eigenvalue weighted by Gasteiger charge is 2.24. The van der Waals surface area contributed by atoms with Crippen LogP contribution in [0.5, 0.6) is 0 Å². The third-order valence-corrected chi connectivity index (χ3v) is 7.51. The first-order chi connectivity index (χ1) is 12.4. The molecule has 1 heterocycles. The van der Waals surface area contributed by atoms with Crippen molar-refractivity contribution < 1.29 is 13.2 Å². The second-order valence-corrected chi connectivity index (χ2v) is 9.91. The molecule has 1 aromatic rings. The van der Waals surface area contributed by atoms with Crippen LogP contribution in [0, 0.1) is 6.92 Å². The number of carbonyl (C=O) groups is 1. The van der Waals surface area contributed by atoms with Crippen LogP contribution >= 0.6 is 11.3 Å².